The average molecular weight is 289 g/mol. The molecular weight excluding hydrogens is 275 g/mol. The van der Waals surface area contributed by atoms with Crippen LogP contribution in [0.5, 0.6) is 0 Å². The second-order valence-electron chi connectivity index (χ2n) is 5.06. The number of aromatic amines is 1. The Bertz CT molecular complexity index is 756. The Morgan fingerprint density at radius 3 is 2.52 bits per heavy atom. The van der Waals surface area contributed by atoms with Crippen molar-refractivity contribution in [2.45, 2.75) is 19.0 Å². The molecule has 1 nitrogen and oxygen atoms in total. The molecule has 2 aromatic carbocycles. The third-order valence-corrected chi connectivity index (χ3v) is 3.61. The fraction of sp³-hybridized carbons (Fsp3) is 0.176. The number of H-pyrrole nitrogens is 1. The molecule has 21 heavy (non-hydrogen) atoms. The number of alkyl halides is 3. The summed E-state index contributed by atoms with van der Waals surface area (Å²) < 4.78 is 38.1. The van der Waals surface area contributed by atoms with Crippen molar-refractivity contribution >= 4 is 10.9 Å². The fourth-order valence-electron chi connectivity index (χ4n) is 2.52. The lowest BCUT2D eigenvalue weighted by Crippen LogP contribution is -2.05. The van der Waals surface area contributed by atoms with Crippen LogP contribution in [0, 0.1) is 0 Å². The van der Waals surface area contributed by atoms with Crippen molar-refractivity contribution in [1.82, 2.24) is 4.98 Å². The number of halogens is 3. The maximum Gasteiger partial charge on any atom is 0.416 e. The summed E-state index contributed by atoms with van der Waals surface area (Å²) in [5.74, 6) is 0. The Kier molecular flexibility index (Phi) is 3.45. The van der Waals surface area contributed by atoms with E-state index in [0.29, 0.717) is 18.4 Å². The van der Waals surface area contributed by atoms with Gasteiger partial charge < -0.3 is 4.98 Å². The minimum Gasteiger partial charge on any atom is -0.361 e. The van der Waals surface area contributed by atoms with Crippen molar-refractivity contribution in [1.29, 1.82) is 0 Å². The van der Waals surface area contributed by atoms with E-state index in [0.717, 1.165) is 22.5 Å². The van der Waals surface area contributed by atoms with E-state index in [9.17, 15) is 13.2 Å². The maximum atomic E-state index is 12.7. The summed E-state index contributed by atoms with van der Waals surface area (Å²) in [6.07, 6.45) is -1.05. The first-order valence-electron chi connectivity index (χ1n) is 6.75. The predicted molar refractivity (Wildman–Crippen MR) is 77.2 cm³/mol. The highest BCUT2D eigenvalue weighted by Crippen LogP contribution is 2.30. The average Bonchev–Trinajstić information content (AvgIpc) is 2.88. The van der Waals surface area contributed by atoms with Gasteiger partial charge in [-0.15, -0.1) is 0 Å². The second-order valence-corrected chi connectivity index (χ2v) is 5.06. The summed E-state index contributed by atoms with van der Waals surface area (Å²) >= 11 is 0. The van der Waals surface area contributed by atoms with E-state index in [-0.39, 0.29) is 0 Å². The van der Waals surface area contributed by atoms with E-state index in [1.54, 1.807) is 6.07 Å². The van der Waals surface area contributed by atoms with Gasteiger partial charge in [-0.3, -0.25) is 0 Å². The number of nitrogens with one attached hydrogen (secondary N) is 1. The monoisotopic (exact) mass is 289 g/mol. The lowest BCUT2D eigenvalue weighted by molar-refractivity contribution is -0.137. The van der Waals surface area contributed by atoms with Gasteiger partial charge >= 0.3 is 6.18 Å². The number of aromatic nitrogens is 1. The predicted octanol–water partition coefficient (Wildman–Crippen LogP) is 4.97. The number of hydrogen-bond acceptors (Lipinski definition) is 0. The van der Waals surface area contributed by atoms with Crippen LogP contribution in [0.4, 0.5) is 13.2 Å². The van der Waals surface area contributed by atoms with Gasteiger partial charge in [-0.1, -0.05) is 36.4 Å². The molecule has 0 saturated carbocycles. The molecule has 0 atom stereocenters. The largest absolute Gasteiger partial charge is 0.416 e. The molecule has 0 amide bonds. The summed E-state index contributed by atoms with van der Waals surface area (Å²) in [5, 5.41) is 1.13. The van der Waals surface area contributed by atoms with E-state index in [4.69, 9.17) is 0 Å². The van der Waals surface area contributed by atoms with Crippen LogP contribution in [0.3, 0.4) is 0 Å². The zero-order valence-corrected chi connectivity index (χ0v) is 11.2. The van der Waals surface area contributed by atoms with Gasteiger partial charge in [-0.05, 0) is 36.1 Å². The third kappa shape index (κ3) is 2.94. The summed E-state index contributed by atoms with van der Waals surface area (Å²) in [5.41, 5.74) is 2.30. The highest BCUT2D eigenvalue weighted by Gasteiger charge is 2.30. The molecule has 0 radical (unpaired) electrons. The van der Waals surface area contributed by atoms with Gasteiger partial charge in [0.25, 0.3) is 0 Å². The molecule has 1 aromatic heterocycles. The van der Waals surface area contributed by atoms with Crippen LogP contribution in [0.1, 0.15) is 16.7 Å². The van der Waals surface area contributed by atoms with E-state index in [1.807, 2.05) is 30.5 Å². The van der Waals surface area contributed by atoms with Gasteiger partial charge in [0, 0.05) is 17.1 Å². The molecule has 4 heteroatoms. The number of para-hydroxylation sites is 1. The molecule has 108 valence electrons. The number of aryl methyl sites for hydroxylation is 2. The van der Waals surface area contributed by atoms with Crippen LogP contribution in [0.15, 0.2) is 54.7 Å². The quantitative estimate of drug-likeness (QED) is 0.700. The molecule has 3 rings (SSSR count). The number of hydrogen-bond donors (Lipinski definition) is 1. The van der Waals surface area contributed by atoms with Crippen molar-refractivity contribution in [3.63, 3.8) is 0 Å². The summed E-state index contributed by atoms with van der Waals surface area (Å²) in [4.78, 5) is 3.18. The highest BCUT2D eigenvalue weighted by molar-refractivity contribution is 5.83. The first-order chi connectivity index (χ1) is 10.0. The Morgan fingerprint density at radius 2 is 1.71 bits per heavy atom. The molecule has 0 spiro atoms. The van der Waals surface area contributed by atoms with Gasteiger partial charge in [0.2, 0.25) is 0 Å². The lowest BCUT2D eigenvalue weighted by atomic mass is 10.0. The van der Waals surface area contributed by atoms with Crippen LogP contribution in [-0.2, 0) is 19.0 Å². The molecule has 1 N–H and O–H groups in total. The number of fused-ring (bicyclic) bond motifs is 1. The minimum atomic E-state index is -4.28. The van der Waals surface area contributed by atoms with E-state index >= 15 is 0 Å². The van der Waals surface area contributed by atoms with Crippen molar-refractivity contribution in [2.75, 3.05) is 0 Å². The molecule has 0 fully saturated rings. The van der Waals surface area contributed by atoms with Gasteiger partial charge in [-0.25, -0.2) is 0 Å². The third-order valence-electron chi connectivity index (χ3n) is 3.61. The van der Waals surface area contributed by atoms with Crippen molar-refractivity contribution in [3.05, 3.63) is 71.4 Å². The Labute approximate surface area is 120 Å². The van der Waals surface area contributed by atoms with E-state index in [2.05, 4.69) is 4.98 Å². The Balaban J connectivity index is 1.79. The second kappa shape index (κ2) is 5.28. The Hall–Kier alpha value is -2.23. The Morgan fingerprint density at radius 1 is 0.905 bits per heavy atom. The highest BCUT2D eigenvalue weighted by atomic mass is 19.4. The topological polar surface area (TPSA) is 15.8 Å². The molecular formula is C17H14F3N. The van der Waals surface area contributed by atoms with Crippen molar-refractivity contribution in [2.24, 2.45) is 0 Å². The van der Waals surface area contributed by atoms with E-state index < -0.39 is 11.7 Å². The molecule has 0 aliphatic heterocycles. The first-order valence-corrected chi connectivity index (χ1v) is 6.75. The summed E-state index contributed by atoms with van der Waals surface area (Å²) in [7, 11) is 0. The maximum absolute atomic E-state index is 12.7. The first kappa shape index (κ1) is 13.7. The molecule has 0 unspecified atom stereocenters. The smallest absolute Gasteiger partial charge is 0.361 e. The van der Waals surface area contributed by atoms with Crippen LogP contribution in [0.25, 0.3) is 10.9 Å². The summed E-state index contributed by atoms with van der Waals surface area (Å²) in [6, 6.07) is 13.5. The minimum absolute atomic E-state index is 0.584. The van der Waals surface area contributed by atoms with Gasteiger partial charge in [-0.2, -0.15) is 13.2 Å². The van der Waals surface area contributed by atoms with Crippen LogP contribution < -0.4 is 0 Å². The zero-order valence-electron chi connectivity index (χ0n) is 11.2. The van der Waals surface area contributed by atoms with Crippen LogP contribution in [-0.4, -0.2) is 4.98 Å². The molecule has 0 aliphatic carbocycles. The SMILES string of the molecule is FC(F)(F)c1cccc(CCc2c[nH]c3ccccc23)c1. The van der Waals surface area contributed by atoms with Crippen LogP contribution in [0.2, 0.25) is 0 Å². The van der Waals surface area contributed by atoms with Gasteiger partial charge in [0.15, 0.2) is 0 Å². The van der Waals surface area contributed by atoms with Crippen molar-refractivity contribution in [3.8, 4) is 0 Å². The molecule has 1 heterocycles. The van der Waals surface area contributed by atoms with Crippen molar-refractivity contribution < 1.29 is 13.2 Å². The molecule has 0 bridgehead atoms. The number of rotatable bonds is 3. The van der Waals surface area contributed by atoms with Gasteiger partial charge in [0.1, 0.15) is 0 Å². The molecule has 0 aliphatic rings. The standard InChI is InChI=1S/C17H14F3N/c18-17(19,20)14-5-3-4-12(10-14)8-9-13-11-21-16-7-2-1-6-15(13)16/h1-7,10-11,21H,8-9H2. The molecule has 3 aromatic rings. The van der Waals surface area contributed by atoms with Crippen LogP contribution >= 0.6 is 0 Å². The lowest BCUT2D eigenvalue weighted by Gasteiger charge is -2.08. The van der Waals surface area contributed by atoms with Gasteiger partial charge in [0.05, 0.1) is 5.56 Å². The molecule has 0 saturated heterocycles. The summed E-state index contributed by atoms with van der Waals surface area (Å²) in [6.45, 7) is 0. The zero-order chi connectivity index (χ0) is 14.9. The normalized spacial score (nSPS) is 12.0. The van der Waals surface area contributed by atoms with E-state index in [1.165, 1.54) is 12.1 Å². The number of benzene rings is 2. The fourth-order valence-corrected chi connectivity index (χ4v) is 2.52.